The van der Waals surface area contributed by atoms with Crippen molar-refractivity contribution in [2.45, 2.75) is 26.2 Å². The molecule has 0 aromatic heterocycles. The van der Waals surface area contributed by atoms with E-state index in [1.807, 2.05) is 38.1 Å². The van der Waals surface area contributed by atoms with E-state index in [4.69, 9.17) is 24.7 Å². The molecule has 1 aliphatic heterocycles. The number of benzene rings is 3. The van der Waals surface area contributed by atoms with E-state index in [9.17, 15) is 10.1 Å². The standard InChI is InChI=1S/C28H26N2O5/c1-3-15-33-21-9-5-18(6-10-21)26-23-14-13-22(16-25(23)35-27(30)24(26)17-29)34-28(31)19-7-11-20(12-8-19)32-4-2/h5-14,16,26H,3-4,15,30H2,1-2H3. The van der Waals surface area contributed by atoms with Crippen LogP contribution in [0.25, 0.3) is 0 Å². The van der Waals surface area contributed by atoms with Crippen LogP contribution >= 0.6 is 0 Å². The smallest absolute Gasteiger partial charge is 0.343 e. The number of nitriles is 1. The summed E-state index contributed by atoms with van der Waals surface area (Å²) in [4.78, 5) is 12.6. The Morgan fingerprint density at radius 3 is 2.29 bits per heavy atom. The van der Waals surface area contributed by atoms with E-state index in [0.717, 1.165) is 23.3 Å². The van der Waals surface area contributed by atoms with Gasteiger partial charge in [0.05, 0.1) is 24.7 Å². The fraction of sp³-hybridized carbons (Fsp3) is 0.214. The summed E-state index contributed by atoms with van der Waals surface area (Å²) in [6, 6.07) is 21.5. The molecule has 0 spiro atoms. The number of allylic oxidation sites excluding steroid dienone is 1. The highest BCUT2D eigenvalue weighted by atomic mass is 16.5. The van der Waals surface area contributed by atoms with E-state index in [-0.39, 0.29) is 5.88 Å². The predicted molar refractivity (Wildman–Crippen MR) is 131 cm³/mol. The maximum absolute atomic E-state index is 12.6. The predicted octanol–water partition coefficient (Wildman–Crippen LogP) is 5.31. The number of ether oxygens (including phenoxy) is 4. The van der Waals surface area contributed by atoms with Crippen LogP contribution in [0.2, 0.25) is 0 Å². The molecular weight excluding hydrogens is 444 g/mol. The highest BCUT2D eigenvalue weighted by Crippen LogP contribution is 2.43. The number of esters is 1. The molecule has 0 saturated carbocycles. The van der Waals surface area contributed by atoms with Crippen LogP contribution in [0.3, 0.4) is 0 Å². The first-order chi connectivity index (χ1) is 17.0. The molecule has 1 heterocycles. The van der Waals surface area contributed by atoms with E-state index < -0.39 is 11.9 Å². The van der Waals surface area contributed by atoms with Crippen molar-refractivity contribution in [3.8, 4) is 29.1 Å². The van der Waals surface area contributed by atoms with Crippen LogP contribution in [-0.2, 0) is 0 Å². The number of hydrogen-bond acceptors (Lipinski definition) is 7. The van der Waals surface area contributed by atoms with Crippen LogP contribution in [0.5, 0.6) is 23.0 Å². The van der Waals surface area contributed by atoms with Gasteiger partial charge in [0, 0.05) is 11.6 Å². The Labute approximate surface area is 204 Å². The van der Waals surface area contributed by atoms with Crippen molar-refractivity contribution in [2.75, 3.05) is 13.2 Å². The molecule has 0 bridgehead atoms. The lowest BCUT2D eigenvalue weighted by molar-refractivity contribution is 0.0734. The summed E-state index contributed by atoms with van der Waals surface area (Å²) in [6.07, 6.45) is 0.915. The zero-order chi connectivity index (χ0) is 24.8. The molecule has 1 unspecified atom stereocenters. The highest BCUT2D eigenvalue weighted by Gasteiger charge is 2.31. The lowest BCUT2D eigenvalue weighted by Crippen LogP contribution is -2.21. The minimum atomic E-state index is -0.510. The molecule has 2 N–H and O–H groups in total. The summed E-state index contributed by atoms with van der Waals surface area (Å²) >= 11 is 0. The van der Waals surface area contributed by atoms with Crippen LogP contribution in [0.15, 0.2) is 78.2 Å². The van der Waals surface area contributed by atoms with Gasteiger partial charge in [-0.15, -0.1) is 0 Å². The minimum Gasteiger partial charge on any atom is -0.494 e. The lowest BCUT2D eigenvalue weighted by Gasteiger charge is -2.26. The first-order valence-corrected chi connectivity index (χ1v) is 11.4. The van der Waals surface area contributed by atoms with Crippen LogP contribution < -0.4 is 24.7 Å². The molecule has 1 aliphatic rings. The van der Waals surface area contributed by atoms with E-state index in [1.54, 1.807) is 42.5 Å². The Hall–Kier alpha value is -4.44. The van der Waals surface area contributed by atoms with Crippen LogP contribution in [-0.4, -0.2) is 19.2 Å². The van der Waals surface area contributed by atoms with Gasteiger partial charge in [0.15, 0.2) is 0 Å². The molecule has 178 valence electrons. The summed E-state index contributed by atoms with van der Waals surface area (Å²) in [5.41, 5.74) is 8.43. The van der Waals surface area contributed by atoms with E-state index >= 15 is 0 Å². The summed E-state index contributed by atoms with van der Waals surface area (Å²) in [5.74, 6) is 1.26. The number of carbonyl (C=O) groups excluding carboxylic acids is 1. The SMILES string of the molecule is CCCOc1ccc(C2C(C#N)=C(N)Oc3cc(OC(=O)c4ccc(OCC)cc4)ccc32)cc1. The quantitative estimate of drug-likeness (QED) is 0.351. The Bertz CT molecular complexity index is 1270. The number of fused-ring (bicyclic) bond motifs is 1. The molecule has 1 atom stereocenters. The molecule has 7 nitrogen and oxygen atoms in total. The minimum absolute atomic E-state index is 0.0197. The van der Waals surface area contributed by atoms with Gasteiger partial charge in [-0.05, 0) is 61.4 Å². The van der Waals surface area contributed by atoms with Crippen molar-refractivity contribution in [1.82, 2.24) is 0 Å². The largest absolute Gasteiger partial charge is 0.494 e. The lowest BCUT2D eigenvalue weighted by atomic mass is 9.83. The van der Waals surface area contributed by atoms with Gasteiger partial charge in [-0.1, -0.05) is 25.1 Å². The van der Waals surface area contributed by atoms with Crippen LogP contribution in [0.4, 0.5) is 0 Å². The first kappa shape index (κ1) is 23.7. The monoisotopic (exact) mass is 470 g/mol. The molecule has 0 fully saturated rings. The topological polar surface area (TPSA) is 104 Å². The van der Waals surface area contributed by atoms with Crippen LogP contribution in [0.1, 0.15) is 47.7 Å². The van der Waals surface area contributed by atoms with Gasteiger partial charge < -0.3 is 24.7 Å². The molecule has 3 aromatic carbocycles. The zero-order valence-corrected chi connectivity index (χ0v) is 19.6. The van der Waals surface area contributed by atoms with Crippen molar-refractivity contribution in [3.63, 3.8) is 0 Å². The number of nitrogens with two attached hydrogens (primary N) is 1. The Morgan fingerprint density at radius 2 is 1.63 bits per heavy atom. The molecule has 0 saturated heterocycles. The maximum atomic E-state index is 12.6. The van der Waals surface area contributed by atoms with Crippen molar-refractivity contribution in [3.05, 3.63) is 94.9 Å². The Morgan fingerprint density at radius 1 is 0.971 bits per heavy atom. The fourth-order valence-electron chi connectivity index (χ4n) is 3.84. The van der Waals surface area contributed by atoms with Crippen molar-refractivity contribution < 1.29 is 23.7 Å². The second-order valence-corrected chi connectivity index (χ2v) is 7.89. The molecule has 7 heteroatoms. The maximum Gasteiger partial charge on any atom is 0.343 e. The molecule has 35 heavy (non-hydrogen) atoms. The summed E-state index contributed by atoms with van der Waals surface area (Å²) in [7, 11) is 0. The Balaban J connectivity index is 1.59. The number of rotatable bonds is 8. The average Bonchev–Trinajstić information content (AvgIpc) is 2.87. The van der Waals surface area contributed by atoms with Crippen LogP contribution in [0, 0.1) is 11.3 Å². The van der Waals surface area contributed by atoms with Crippen molar-refractivity contribution in [2.24, 2.45) is 5.73 Å². The van der Waals surface area contributed by atoms with Gasteiger partial charge in [0.1, 0.15) is 34.6 Å². The third kappa shape index (κ3) is 5.22. The van der Waals surface area contributed by atoms with E-state index in [1.165, 1.54) is 0 Å². The van der Waals surface area contributed by atoms with E-state index in [0.29, 0.717) is 41.6 Å². The van der Waals surface area contributed by atoms with Crippen molar-refractivity contribution in [1.29, 1.82) is 5.26 Å². The van der Waals surface area contributed by atoms with Gasteiger partial charge in [-0.25, -0.2) is 4.79 Å². The summed E-state index contributed by atoms with van der Waals surface area (Å²) < 4.78 is 22.4. The van der Waals surface area contributed by atoms with Crippen molar-refractivity contribution >= 4 is 5.97 Å². The molecular formula is C28H26N2O5. The first-order valence-electron chi connectivity index (χ1n) is 11.4. The van der Waals surface area contributed by atoms with Gasteiger partial charge in [-0.2, -0.15) is 5.26 Å². The molecule has 0 radical (unpaired) electrons. The van der Waals surface area contributed by atoms with Gasteiger partial charge >= 0.3 is 5.97 Å². The second-order valence-electron chi connectivity index (χ2n) is 7.89. The second kappa shape index (κ2) is 10.7. The van der Waals surface area contributed by atoms with Gasteiger partial charge in [0.25, 0.3) is 0 Å². The normalized spacial score (nSPS) is 14.4. The molecule has 3 aromatic rings. The van der Waals surface area contributed by atoms with E-state index in [2.05, 4.69) is 6.07 Å². The third-order valence-electron chi connectivity index (χ3n) is 5.49. The third-order valence-corrected chi connectivity index (χ3v) is 5.49. The van der Waals surface area contributed by atoms with Gasteiger partial charge in [-0.3, -0.25) is 0 Å². The number of nitrogens with zero attached hydrogens (tertiary/aromatic N) is 1. The molecule has 4 rings (SSSR count). The van der Waals surface area contributed by atoms with Gasteiger partial charge in [0.2, 0.25) is 5.88 Å². The zero-order valence-electron chi connectivity index (χ0n) is 19.6. The Kier molecular flexibility index (Phi) is 7.22. The average molecular weight is 471 g/mol. The summed E-state index contributed by atoms with van der Waals surface area (Å²) in [6.45, 7) is 5.11. The molecule has 0 aliphatic carbocycles. The summed E-state index contributed by atoms with van der Waals surface area (Å²) in [5, 5.41) is 9.77. The molecule has 0 amide bonds. The highest BCUT2D eigenvalue weighted by molar-refractivity contribution is 5.91. The fourth-order valence-corrected chi connectivity index (χ4v) is 3.84. The number of hydrogen-bond donors (Lipinski definition) is 1. The number of carbonyl (C=O) groups is 1.